The van der Waals surface area contributed by atoms with Crippen molar-refractivity contribution in [3.05, 3.63) is 47.0 Å². The van der Waals surface area contributed by atoms with Crippen LogP contribution in [-0.4, -0.2) is 42.7 Å². The van der Waals surface area contributed by atoms with Crippen LogP contribution >= 0.6 is 11.6 Å². The van der Waals surface area contributed by atoms with Gasteiger partial charge in [-0.05, 0) is 17.7 Å². The first-order valence-corrected chi connectivity index (χ1v) is 7.76. The predicted molar refractivity (Wildman–Crippen MR) is 82.2 cm³/mol. The summed E-state index contributed by atoms with van der Waals surface area (Å²) in [5, 5.41) is 0.413. The number of hydrogen-bond donors (Lipinski definition) is 0. The van der Waals surface area contributed by atoms with Crippen molar-refractivity contribution in [2.75, 3.05) is 6.61 Å². The summed E-state index contributed by atoms with van der Waals surface area (Å²) in [5.74, 6) is -21.6. The van der Waals surface area contributed by atoms with E-state index < -0.39 is 42.7 Å². The van der Waals surface area contributed by atoms with Crippen LogP contribution in [0, 0.1) is 0 Å². The Balaban J connectivity index is 2.58. The van der Waals surface area contributed by atoms with Crippen molar-refractivity contribution < 1.29 is 54.2 Å². The zero-order valence-electron chi connectivity index (χ0n) is 14.0. The number of ether oxygens (including phenoxy) is 2. The van der Waals surface area contributed by atoms with Crippen molar-refractivity contribution in [1.82, 2.24) is 0 Å². The molecule has 1 rings (SSSR count). The molecule has 162 valence electrons. The van der Waals surface area contributed by atoms with Crippen LogP contribution in [0.2, 0.25) is 5.02 Å². The molecule has 0 saturated carbocycles. The maximum absolute atomic E-state index is 13.2. The van der Waals surface area contributed by atoms with Crippen molar-refractivity contribution in [1.29, 1.82) is 0 Å². The summed E-state index contributed by atoms with van der Waals surface area (Å²) >= 11 is 5.64. The van der Waals surface area contributed by atoms with E-state index in [1.165, 1.54) is 24.3 Å². The van der Waals surface area contributed by atoms with Gasteiger partial charge in [0.2, 0.25) is 0 Å². The largest absolute Gasteiger partial charge is 0.458 e. The molecule has 0 saturated heterocycles. The lowest BCUT2D eigenvalue weighted by atomic mass is 10.1. The summed E-state index contributed by atoms with van der Waals surface area (Å²) in [7, 11) is 0. The van der Waals surface area contributed by atoms with E-state index in [-0.39, 0.29) is 12.7 Å². The van der Waals surface area contributed by atoms with Crippen molar-refractivity contribution in [2.24, 2.45) is 0 Å². The van der Waals surface area contributed by atoms with E-state index in [1.54, 1.807) is 0 Å². The molecule has 0 amide bonds. The number of carbonyl (C=O) groups excluding carboxylic acids is 2. The van der Waals surface area contributed by atoms with Crippen LogP contribution in [0.15, 0.2) is 36.4 Å². The van der Waals surface area contributed by atoms with Gasteiger partial charge in [0.05, 0.1) is 0 Å². The molecular formula is C16H11ClF8O4. The molecule has 0 fully saturated rings. The second-order valence-corrected chi connectivity index (χ2v) is 5.81. The summed E-state index contributed by atoms with van der Waals surface area (Å²) < 4.78 is 110. The maximum Gasteiger partial charge on any atom is 0.381 e. The highest BCUT2D eigenvalue weighted by Gasteiger charge is 2.75. The fourth-order valence-electron chi connectivity index (χ4n) is 1.60. The molecule has 0 unspecified atom stereocenters. The van der Waals surface area contributed by atoms with Crippen molar-refractivity contribution in [3.63, 3.8) is 0 Å². The van der Waals surface area contributed by atoms with Crippen LogP contribution in [-0.2, 0) is 25.7 Å². The third kappa shape index (κ3) is 6.31. The zero-order chi connectivity index (χ0) is 22.5. The van der Waals surface area contributed by atoms with E-state index >= 15 is 0 Å². The zero-order valence-corrected chi connectivity index (χ0v) is 14.7. The van der Waals surface area contributed by atoms with Gasteiger partial charge in [0.25, 0.3) is 0 Å². The third-order valence-electron chi connectivity index (χ3n) is 3.20. The van der Waals surface area contributed by atoms with Gasteiger partial charge in [0.1, 0.15) is 6.61 Å². The lowest BCUT2D eigenvalue weighted by Crippen LogP contribution is -2.59. The molecule has 0 atom stereocenters. The van der Waals surface area contributed by atoms with Gasteiger partial charge in [-0.3, -0.25) is 0 Å². The number of halogens is 9. The lowest BCUT2D eigenvalue weighted by molar-refractivity contribution is -0.344. The van der Waals surface area contributed by atoms with Gasteiger partial charge >= 0.3 is 36.1 Å². The highest BCUT2D eigenvalue weighted by atomic mass is 35.5. The molecule has 4 nitrogen and oxygen atoms in total. The highest BCUT2D eigenvalue weighted by Crippen LogP contribution is 2.48. The van der Waals surface area contributed by atoms with Crippen LogP contribution < -0.4 is 0 Å². The maximum atomic E-state index is 13.2. The molecule has 0 aromatic heterocycles. The second kappa shape index (κ2) is 9.42. The Morgan fingerprint density at radius 3 is 1.90 bits per heavy atom. The summed E-state index contributed by atoms with van der Waals surface area (Å²) in [5.41, 5.74) is 0.501. The standard InChI is InChI=1S/C16H11ClF8O4/c17-10-3-1-9(2-4-10)7-28-11(26)5-6-12(27)29-8-14(20,21)16(24,25)15(22,23)13(18)19/h1-6,13H,7-8H2/b6-5+. The average molecular weight is 455 g/mol. The Morgan fingerprint density at radius 1 is 0.931 bits per heavy atom. The van der Waals surface area contributed by atoms with Gasteiger partial charge in [-0.2, -0.15) is 26.3 Å². The van der Waals surface area contributed by atoms with Crippen molar-refractivity contribution in [3.8, 4) is 0 Å². The van der Waals surface area contributed by atoms with Crippen LogP contribution in [0.4, 0.5) is 35.1 Å². The SMILES string of the molecule is O=C(/C=C/C(=O)OCC(F)(F)C(F)(F)C(F)(F)C(F)F)OCc1ccc(Cl)cc1. The quantitative estimate of drug-likeness (QED) is 0.309. The molecule has 0 aliphatic carbocycles. The summed E-state index contributed by atoms with van der Waals surface area (Å²) in [6.45, 7) is -2.90. The van der Waals surface area contributed by atoms with Crippen LogP contribution in [0.5, 0.6) is 0 Å². The fourth-order valence-corrected chi connectivity index (χ4v) is 1.73. The van der Waals surface area contributed by atoms with Gasteiger partial charge in [0, 0.05) is 17.2 Å². The van der Waals surface area contributed by atoms with E-state index in [0.717, 1.165) is 0 Å². The third-order valence-corrected chi connectivity index (χ3v) is 3.45. The highest BCUT2D eigenvalue weighted by molar-refractivity contribution is 6.30. The summed E-state index contributed by atoms with van der Waals surface area (Å²) in [4.78, 5) is 22.5. The molecular weight excluding hydrogens is 444 g/mol. The minimum absolute atomic E-state index is 0.198. The number of carbonyl (C=O) groups is 2. The fraction of sp³-hybridized carbons (Fsp3) is 0.375. The first-order valence-electron chi connectivity index (χ1n) is 7.38. The van der Waals surface area contributed by atoms with E-state index in [2.05, 4.69) is 9.47 Å². The molecule has 0 N–H and O–H groups in total. The number of hydrogen-bond acceptors (Lipinski definition) is 4. The van der Waals surface area contributed by atoms with Gasteiger partial charge in [0.15, 0.2) is 6.61 Å². The van der Waals surface area contributed by atoms with Crippen molar-refractivity contribution >= 4 is 23.5 Å². The van der Waals surface area contributed by atoms with E-state index in [4.69, 9.17) is 11.6 Å². The molecule has 1 aromatic rings. The van der Waals surface area contributed by atoms with E-state index in [1.807, 2.05) is 0 Å². The molecule has 0 spiro atoms. The molecule has 0 radical (unpaired) electrons. The molecule has 13 heteroatoms. The van der Waals surface area contributed by atoms with Gasteiger partial charge in [-0.25, -0.2) is 18.4 Å². The predicted octanol–water partition coefficient (Wildman–Crippen LogP) is 4.65. The van der Waals surface area contributed by atoms with Crippen molar-refractivity contribution in [2.45, 2.75) is 30.8 Å². The Morgan fingerprint density at radius 2 is 1.41 bits per heavy atom. The average Bonchev–Trinajstić information content (AvgIpc) is 2.63. The van der Waals surface area contributed by atoms with Crippen LogP contribution in [0.25, 0.3) is 0 Å². The molecule has 0 bridgehead atoms. The van der Waals surface area contributed by atoms with Gasteiger partial charge < -0.3 is 9.47 Å². The van der Waals surface area contributed by atoms with Gasteiger partial charge in [-0.15, -0.1) is 0 Å². The number of rotatable bonds is 9. The first kappa shape index (κ1) is 24.7. The minimum atomic E-state index is -6.50. The van der Waals surface area contributed by atoms with Crippen LogP contribution in [0.1, 0.15) is 5.56 Å². The van der Waals surface area contributed by atoms with E-state index in [9.17, 15) is 44.7 Å². The Hall–Kier alpha value is -2.37. The summed E-state index contributed by atoms with van der Waals surface area (Å²) in [6, 6.07) is 5.99. The molecule has 1 aromatic carbocycles. The smallest absolute Gasteiger partial charge is 0.381 e. The second-order valence-electron chi connectivity index (χ2n) is 5.38. The first-order chi connectivity index (χ1) is 13.2. The topological polar surface area (TPSA) is 52.6 Å². The van der Waals surface area contributed by atoms with E-state index in [0.29, 0.717) is 16.7 Å². The molecule has 29 heavy (non-hydrogen) atoms. The normalized spacial score (nSPS) is 13.0. The number of esters is 2. The lowest BCUT2D eigenvalue weighted by Gasteiger charge is -2.31. The summed E-state index contributed by atoms with van der Waals surface area (Å²) in [6.07, 6.45) is -4.50. The Labute approximate surface area is 163 Å². The molecule has 0 aliphatic heterocycles. The van der Waals surface area contributed by atoms with Crippen LogP contribution in [0.3, 0.4) is 0 Å². The molecule has 0 aliphatic rings. The molecule has 0 heterocycles. The monoisotopic (exact) mass is 454 g/mol. The van der Waals surface area contributed by atoms with Gasteiger partial charge in [-0.1, -0.05) is 23.7 Å². The number of benzene rings is 1. The minimum Gasteiger partial charge on any atom is -0.458 e. The number of alkyl halides is 8. The Kier molecular flexibility index (Phi) is 8.01. The Bertz CT molecular complexity index is 750.